The molecule has 0 N–H and O–H groups in total. The predicted octanol–water partition coefficient (Wildman–Crippen LogP) is 4.62. The summed E-state index contributed by atoms with van der Waals surface area (Å²) in [7, 11) is 1.68. The van der Waals surface area contributed by atoms with Crippen LogP contribution in [-0.4, -0.2) is 7.11 Å². The Morgan fingerprint density at radius 2 is 1.50 bits per heavy atom. The summed E-state index contributed by atoms with van der Waals surface area (Å²) >= 11 is 0. The molecule has 0 bridgehead atoms. The van der Waals surface area contributed by atoms with Gasteiger partial charge in [0.15, 0.2) is 0 Å². The largest absolute Gasteiger partial charge is 0.496 e. The first-order valence-electron chi connectivity index (χ1n) is 5.58. The molecule has 0 atom stereocenters. The summed E-state index contributed by atoms with van der Waals surface area (Å²) in [5.41, 5.74) is 4.46. The lowest BCUT2D eigenvalue weighted by Gasteiger charge is -2.13. The van der Waals surface area contributed by atoms with E-state index < -0.39 is 0 Å². The maximum Gasteiger partial charge on any atom is 0.129 e. The van der Waals surface area contributed by atoms with Crippen LogP contribution < -0.4 is 4.74 Å². The molecule has 0 aliphatic heterocycles. The fourth-order valence-electron chi connectivity index (χ4n) is 1.76. The predicted molar refractivity (Wildman–Crippen MR) is 74.0 cm³/mol. The summed E-state index contributed by atoms with van der Waals surface area (Å²) in [6.45, 7) is 15.7. The van der Waals surface area contributed by atoms with Crippen molar-refractivity contribution < 1.29 is 4.74 Å². The SMILES string of the molecule is C=Cc1c(C)cc(C)c(OC)c1C=C.CC. The molecule has 0 radical (unpaired) electrons. The maximum absolute atomic E-state index is 5.35. The van der Waals surface area contributed by atoms with Crippen LogP contribution in [0, 0.1) is 13.8 Å². The molecular formula is C15H22O. The van der Waals surface area contributed by atoms with Gasteiger partial charge in [0.1, 0.15) is 5.75 Å². The van der Waals surface area contributed by atoms with Crippen LogP contribution in [0.1, 0.15) is 36.1 Å². The first-order chi connectivity index (χ1) is 7.65. The van der Waals surface area contributed by atoms with E-state index in [1.54, 1.807) is 7.11 Å². The number of hydrogen-bond acceptors (Lipinski definition) is 1. The van der Waals surface area contributed by atoms with Gasteiger partial charge in [0.2, 0.25) is 0 Å². The van der Waals surface area contributed by atoms with Crippen LogP contribution in [0.3, 0.4) is 0 Å². The Labute approximate surface area is 99.5 Å². The van der Waals surface area contributed by atoms with Crippen molar-refractivity contribution in [1.29, 1.82) is 0 Å². The van der Waals surface area contributed by atoms with Crippen molar-refractivity contribution in [3.05, 3.63) is 41.5 Å². The minimum Gasteiger partial charge on any atom is -0.496 e. The highest BCUT2D eigenvalue weighted by atomic mass is 16.5. The number of ether oxygens (including phenoxy) is 1. The Morgan fingerprint density at radius 1 is 1.00 bits per heavy atom. The van der Waals surface area contributed by atoms with E-state index >= 15 is 0 Å². The third kappa shape index (κ3) is 2.75. The normalized spacial score (nSPS) is 8.81. The number of aryl methyl sites for hydroxylation is 2. The van der Waals surface area contributed by atoms with E-state index in [9.17, 15) is 0 Å². The second kappa shape index (κ2) is 6.89. The highest BCUT2D eigenvalue weighted by Gasteiger charge is 2.09. The standard InChI is InChI=1S/C13H16O.C2H6/c1-6-11-9(3)8-10(4)13(14-5)12(11)7-2;1-2/h6-8H,1-2H2,3-5H3;1-2H3. The Morgan fingerprint density at radius 3 is 1.88 bits per heavy atom. The van der Waals surface area contributed by atoms with Gasteiger partial charge < -0.3 is 4.74 Å². The van der Waals surface area contributed by atoms with Crippen LogP contribution in [-0.2, 0) is 0 Å². The van der Waals surface area contributed by atoms with E-state index in [1.807, 2.05) is 32.9 Å². The zero-order chi connectivity index (χ0) is 12.7. The van der Waals surface area contributed by atoms with E-state index in [-0.39, 0.29) is 0 Å². The summed E-state index contributed by atoms with van der Waals surface area (Å²) in [5, 5.41) is 0. The minimum absolute atomic E-state index is 0.889. The zero-order valence-corrected chi connectivity index (χ0v) is 11.1. The lowest BCUT2D eigenvalue weighted by Crippen LogP contribution is -1.96. The molecule has 1 aromatic rings. The molecular weight excluding hydrogens is 196 g/mol. The van der Waals surface area contributed by atoms with Crippen molar-refractivity contribution in [2.45, 2.75) is 27.7 Å². The van der Waals surface area contributed by atoms with Crippen LogP contribution in [0.5, 0.6) is 5.75 Å². The summed E-state index contributed by atoms with van der Waals surface area (Å²) in [4.78, 5) is 0. The molecule has 88 valence electrons. The van der Waals surface area contributed by atoms with Crippen molar-refractivity contribution >= 4 is 12.2 Å². The average Bonchev–Trinajstić information content (AvgIpc) is 2.30. The molecule has 0 aromatic heterocycles. The number of methoxy groups -OCH3 is 1. The van der Waals surface area contributed by atoms with Gasteiger partial charge in [-0.25, -0.2) is 0 Å². The summed E-state index contributed by atoms with van der Waals surface area (Å²) in [5.74, 6) is 0.889. The van der Waals surface area contributed by atoms with Crippen molar-refractivity contribution in [3.8, 4) is 5.75 Å². The number of benzene rings is 1. The zero-order valence-electron chi connectivity index (χ0n) is 11.1. The van der Waals surface area contributed by atoms with Crippen molar-refractivity contribution in [2.75, 3.05) is 7.11 Å². The van der Waals surface area contributed by atoms with Crippen molar-refractivity contribution in [1.82, 2.24) is 0 Å². The average molecular weight is 218 g/mol. The molecule has 0 spiro atoms. The molecule has 1 aromatic carbocycles. The first kappa shape index (κ1) is 14.5. The molecule has 0 unspecified atom stereocenters. The third-order valence-electron chi connectivity index (χ3n) is 2.36. The molecule has 0 aliphatic rings. The Kier molecular flexibility index (Phi) is 6.24. The van der Waals surface area contributed by atoms with Gasteiger partial charge in [0.05, 0.1) is 7.11 Å². The Bertz CT molecular complexity index is 376. The highest BCUT2D eigenvalue weighted by molar-refractivity contribution is 5.72. The number of hydrogen-bond donors (Lipinski definition) is 0. The monoisotopic (exact) mass is 218 g/mol. The Balaban J connectivity index is 0.00000106. The van der Waals surface area contributed by atoms with Crippen molar-refractivity contribution in [2.24, 2.45) is 0 Å². The maximum atomic E-state index is 5.35. The molecule has 0 saturated heterocycles. The molecule has 16 heavy (non-hydrogen) atoms. The second-order valence-electron chi connectivity index (χ2n) is 3.28. The van der Waals surface area contributed by atoms with Gasteiger partial charge in [-0.3, -0.25) is 0 Å². The van der Waals surface area contributed by atoms with Gasteiger partial charge in [-0.2, -0.15) is 0 Å². The second-order valence-corrected chi connectivity index (χ2v) is 3.28. The van der Waals surface area contributed by atoms with Crippen LogP contribution in [0.2, 0.25) is 0 Å². The van der Waals surface area contributed by atoms with E-state index in [2.05, 4.69) is 26.1 Å². The molecule has 0 heterocycles. The molecule has 0 amide bonds. The quantitative estimate of drug-likeness (QED) is 0.719. The molecule has 0 fully saturated rings. The molecule has 0 saturated carbocycles. The Hall–Kier alpha value is -1.50. The van der Waals surface area contributed by atoms with Crippen LogP contribution >= 0.6 is 0 Å². The number of rotatable bonds is 3. The van der Waals surface area contributed by atoms with Gasteiger partial charge in [0, 0.05) is 5.56 Å². The smallest absolute Gasteiger partial charge is 0.129 e. The summed E-state index contributed by atoms with van der Waals surface area (Å²) < 4.78 is 5.35. The van der Waals surface area contributed by atoms with E-state index in [0.717, 1.165) is 22.4 Å². The molecule has 1 heteroatoms. The van der Waals surface area contributed by atoms with Gasteiger partial charge in [-0.15, -0.1) is 0 Å². The van der Waals surface area contributed by atoms with Crippen molar-refractivity contribution in [3.63, 3.8) is 0 Å². The van der Waals surface area contributed by atoms with Gasteiger partial charge >= 0.3 is 0 Å². The van der Waals surface area contributed by atoms with E-state index in [4.69, 9.17) is 4.74 Å². The molecule has 1 rings (SSSR count). The fourth-order valence-corrected chi connectivity index (χ4v) is 1.76. The van der Waals surface area contributed by atoms with Crippen LogP contribution in [0.15, 0.2) is 19.2 Å². The van der Waals surface area contributed by atoms with Crippen LogP contribution in [0.4, 0.5) is 0 Å². The lowest BCUT2D eigenvalue weighted by atomic mass is 9.97. The first-order valence-corrected chi connectivity index (χ1v) is 5.58. The summed E-state index contributed by atoms with van der Waals surface area (Å²) in [6, 6.07) is 2.10. The van der Waals surface area contributed by atoms with Gasteiger partial charge in [0.25, 0.3) is 0 Å². The van der Waals surface area contributed by atoms with Gasteiger partial charge in [-0.1, -0.05) is 45.2 Å². The fraction of sp³-hybridized carbons (Fsp3) is 0.333. The highest BCUT2D eigenvalue weighted by Crippen LogP contribution is 2.30. The molecule has 0 aliphatic carbocycles. The van der Waals surface area contributed by atoms with Gasteiger partial charge in [-0.05, 0) is 30.5 Å². The third-order valence-corrected chi connectivity index (χ3v) is 2.36. The summed E-state index contributed by atoms with van der Waals surface area (Å²) in [6.07, 6.45) is 3.66. The topological polar surface area (TPSA) is 9.23 Å². The van der Waals surface area contributed by atoms with Crippen LogP contribution in [0.25, 0.3) is 12.2 Å². The minimum atomic E-state index is 0.889. The molecule has 1 nitrogen and oxygen atoms in total. The van der Waals surface area contributed by atoms with E-state index in [0.29, 0.717) is 0 Å². The van der Waals surface area contributed by atoms with E-state index in [1.165, 1.54) is 5.56 Å². The lowest BCUT2D eigenvalue weighted by molar-refractivity contribution is 0.410.